The minimum Gasteiger partial charge on any atom is -0.384 e. The zero-order chi connectivity index (χ0) is 7.28. The fourth-order valence-corrected chi connectivity index (χ4v) is 0.352. The Balaban J connectivity index is 3.25. The van der Waals surface area contributed by atoms with E-state index in [9.17, 15) is 0 Å². The lowest BCUT2D eigenvalue weighted by Crippen LogP contribution is -2.13. The van der Waals surface area contributed by atoms with Crippen LogP contribution in [-0.4, -0.2) is 41.2 Å². The van der Waals surface area contributed by atoms with E-state index >= 15 is 0 Å². The van der Waals surface area contributed by atoms with Crippen LogP contribution in [0.3, 0.4) is 0 Å². The van der Waals surface area contributed by atoms with Crippen molar-refractivity contribution in [3.63, 3.8) is 0 Å². The van der Waals surface area contributed by atoms with Crippen molar-refractivity contribution in [2.75, 3.05) is 20.6 Å². The van der Waals surface area contributed by atoms with E-state index in [1.54, 1.807) is 12.3 Å². The van der Waals surface area contributed by atoms with E-state index in [1.807, 2.05) is 19.0 Å². The van der Waals surface area contributed by atoms with Gasteiger partial charge < -0.3 is 4.90 Å². The zero-order valence-electron chi connectivity index (χ0n) is 5.65. The molecule has 0 saturated heterocycles. The fraction of sp³-hybridized carbons (Fsp3) is 0.600. The maximum atomic E-state index is 8.18. The smallest absolute Gasteiger partial charge is 0.0710 e. The molecule has 0 unspecified atom stereocenters. The third-order valence-electron chi connectivity index (χ3n) is 0.672. The Kier molecular flexibility index (Phi) is 4.04. The lowest BCUT2D eigenvalue weighted by atomic mass is 10.6. The van der Waals surface area contributed by atoms with Gasteiger partial charge in [-0.3, -0.25) is 10.4 Å². The van der Waals surface area contributed by atoms with Gasteiger partial charge in [0.2, 0.25) is 0 Å². The summed E-state index contributed by atoms with van der Waals surface area (Å²) in [5.41, 5.74) is 0. The van der Waals surface area contributed by atoms with Gasteiger partial charge in [-0.15, -0.1) is 0 Å². The molecule has 0 aliphatic heterocycles. The van der Waals surface area contributed by atoms with Gasteiger partial charge in [0.15, 0.2) is 0 Å². The van der Waals surface area contributed by atoms with E-state index < -0.39 is 0 Å². The Morgan fingerprint density at radius 3 is 2.22 bits per heavy atom. The summed E-state index contributed by atoms with van der Waals surface area (Å²) in [6.07, 6.45) is 3.36. The van der Waals surface area contributed by atoms with Crippen LogP contribution < -0.4 is 0 Å². The zero-order valence-corrected chi connectivity index (χ0v) is 5.65. The first-order valence-electron chi connectivity index (χ1n) is 2.61. The Bertz CT molecular complexity index is 91.0. The molecule has 0 bridgehead atoms. The van der Waals surface area contributed by atoms with Crippen molar-refractivity contribution >= 4 is 0 Å². The Morgan fingerprint density at radius 2 is 1.89 bits per heavy atom. The molecule has 4 heteroatoms. The molecule has 0 saturated carbocycles. The van der Waals surface area contributed by atoms with E-state index in [1.165, 1.54) is 0 Å². The van der Waals surface area contributed by atoms with Crippen LogP contribution >= 0.6 is 0 Å². The summed E-state index contributed by atoms with van der Waals surface area (Å²) in [7, 11) is 3.71. The molecule has 0 amide bonds. The molecule has 2 N–H and O–H groups in total. The lowest BCUT2D eigenvalue weighted by Gasteiger charge is -2.04. The second-order valence-electron chi connectivity index (χ2n) is 1.90. The second kappa shape index (κ2) is 4.31. The molecule has 0 aromatic heterocycles. The largest absolute Gasteiger partial charge is 0.384 e. The third-order valence-corrected chi connectivity index (χ3v) is 0.672. The van der Waals surface area contributed by atoms with Crippen LogP contribution in [0.1, 0.15) is 0 Å². The monoisotopic (exact) mass is 132 g/mol. The predicted molar refractivity (Wildman–Crippen MR) is 33.1 cm³/mol. The molecule has 0 fully saturated rings. The van der Waals surface area contributed by atoms with Crippen LogP contribution in [0, 0.1) is 0 Å². The topological polar surface area (TPSA) is 46.9 Å². The first-order chi connectivity index (χ1) is 4.13. The van der Waals surface area contributed by atoms with Crippen molar-refractivity contribution in [1.82, 2.24) is 10.1 Å². The van der Waals surface area contributed by atoms with Crippen molar-refractivity contribution < 1.29 is 10.4 Å². The average Bonchev–Trinajstić information content (AvgIpc) is 1.63. The van der Waals surface area contributed by atoms with Crippen molar-refractivity contribution in [1.29, 1.82) is 0 Å². The minimum atomic E-state index is 0.123. The van der Waals surface area contributed by atoms with Crippen LogP contribution in [0.4, 0.5) is 0 Å². The third kappa shape index (κ3) is 7.42. The molecule has 4 nitrogen and oxygen atoms in total. The Hall–Kier alpha value is -0.580. The highest BCUT2D eigenvalue weighted by molar-refractivity contribution is 4.79. The molecular weight excluding hydrogens is 120 g/mol. The van der Waals surface area contributed by atoms with Gasteiger partial charge in [0.25, 0.3) is 0 Å². The van der Waals surface area contributed by atoms with Crippen LogP contribution in [0.25, 0.3) is 0 Å². The second-order valence-corrected chi connectivity index (χ2v) is 1.90. The highest BCUT2D eigenvalue weighted by Gasteiger charge is 1.84. The molecular formula is C5H12N2O2. The van der Waals surface area contributed by atoms with Gasteiger partial charge in [-0.1, -0.05) is 5.23 Å². The van der Waals surface area contributed by atoms with E-state index in [0.29, 0.717) is 0 Å². The van der Waals surface area contributed by atoms with E-state index in [4.69, 9.17) is 10.4 Å². The van der Waals surface area contributed by atoms with Crippen molar-refractivity contribution in [2.24, 2.45) is 0 Å². The number of rotatable bonds is 3. The van der Waals surface area contributed by atoms with Gasteiger partial charge in [-0.05, 0) is 12.3 Å². The van der Waals surface area contributed by atoms with Crippen LogP contribution in [-0.2, 0) is 0 Å². The lowest BCUT2D eigenvalue weighted by molar-refractivity contribution is -0.299. The predicted octanol–water partition coefficient (Wildman–Crippen LogP) is 0.142. The van der Waals surface area contributed by atoms with Gasteiger partial charge in [0, 0.05) is 14.1 Å². The summed E-state index contributed by atoms with van der Waals surface area (Å²) in [4.78, 5) is 1.81. The molecule has 0 aliphatic rings. The quantitative estimate of drug-likeness (QED) is 0.536. The van der Waals surface area contributed by atoms with Gasteiger partial charge >= 0.3 is 0 Å². The van der Waals surface area contributed by atoms with E-state index in [-0.39, 0.29) is 11.8 Å². The molecule has 0 rings (SSSR count). The maximum absolute atomic E-state index is 8.18. The fourth-order valence-electron chi connectivity index (χ4n) is 0.352. The summed E-state index contributed by atoms with van der Waals surface area (Å²) in [5, 5.41) is 16.5. The minimum absolute atomic E-state index is 0.123. The molecule has 9 heavy (non-hydrogen) atoms. The van der Waals surface area contributed by atoms with Gasteiger partial charge in [-0.25, -0.2) is 0 Å². The number of hydrogen-bond donors (Lipinski definition) is 2. The van der Waals surface area contributed by atoms with Crippen LogP contribution in [0.15, 0.2) is 12.3 Å². The molecule has 0 atom stereocenters. The number of hydrogen-bond acceptors (Lipinski definition) is 4. The number of hydroxylamine groups is 2. The molecule has 54 valence electrons. The molecule has 0 spiro atoms. The molecule has 0 radical (unpaired) electrons. The highest BCUT2D eigenvalue weighted by atomic mass is 16.8. The normalized spacial score (nSPS) is 11.2. The summed E-state index contributed by atoms with van der Waals surface area (Å²) in [6.45, 7) is 0.123. The summed E-state index contributed by atoms with van der Waals surface area (Å²) < 4.78 is 0. The molecule has 0 aromatic carbocycles. The van der Waals surface area contributed by atoms with Crippen LogP contribution in [0.2, 0.25) is 0 Å². The van der Waals surface area contributed by atoms with Crippen LogP contribution in [0.5, 0.6) is 0 Å². The van der Waals surface area contributed by atoms with Crippen molar-refractivity contribution in [2.45, 2.75) is 0 Å². The summed E-state index contributed by atoms with van der Waals surface area (Å²) in [6, 6.07) is 0. The summed E-state index contributed by atoms with van der Waals surface area (Å²) >= 11 is 0. The standard InChI is InChI=1S/C5H12N2O2/c1-6(2)4-3-5-7(8)9/h3-4,8-9H,5H2,1-2H3. The Morgan fingerprint density at radius 1 is 1.33 bits per heavy atom. The highest BCUT2D eigenvalue weighted by Crippen LogP contribution is 1.78. The van der Waals surface area contributed by atoms with E-state index in [2.05, 4.69) is 0 Å². The molecule has 0 heterocycles. The Labute approximate surface area is 54.5 Å². The molecule has 0 aliphatic carbocycles. The van der Waals surface area contributed by atoms with Crippen molar-refractivity contribution in [3.8, 4) is 0 Å². The molecule has 0 aromatic rings. The first kappa shape index (κ1) is 8.42. The maximum Gasteiger partial charge on any atom is 0.0710 e. The number of nitrogens with zero attached hydrogens (tertiary/aromatic N) is 2. The average molecular weight is 132 g/mol. The van der Waals surface area contributed by atoms with Gasteiger partial charge in [0.1, 0.15) is 0 Å². The van der Waals surface area contributed by atoms with Crippen molar-refractivity contribution in [3.05, 3.63) is 12.3 Å². The SMILES string of the molecule is CN(C)C=CCN(O)O. The van der Waals surface area contributed by atoms with Gasteiger partial charge in [-0.2, -0.15) is 0 Å². The van der Waals surface area contributed by atoms with Gasteiger partial charge in [0.05, 0.1) is 6.54 Å². The first-order valence-corrected chi connectivity index (χ1v) is 2.61. The summed E-state index contributed by atoms with van der Waals surface area (Å²) in [5.74, 6) is 0. The van der Waals surface area contributed by atoms with E-state index in [0.717, 1.165) is 0 Å².